The van der Waals surface area contributed by atoms with Crippen molar-refractivity contribution in [2.24, 2.45) is 17.8 Å². The van der Waals surface area contributed by atoms with Crippen LogP contribution >= 0.6 is 0 Å². The Morgan fingerprint density at radius 1 is 0.940 bits per heavy atom. The van der Waals surface area contributed by atoms with E-state index < -0.39 is 59.1 Å². The summed E-state index contributed by atoms with van der Waals surface area (Å²) in [6.45, 7) is 5.76. The number of allylic oxidation sites excluding steroid dienone is 1. The van der Waals surface area contributed by atoms with E-state index in [0.29, 0.717) is 18.6 Å². The van der Waals surface area contributed by atoms with Gasteiger partial charge in [0.2, 0.25) is 11.8 Å². The first-order valence-corrected chi connectivity index (χ1v) is 17.5. The molecule has 12 heteroatoms. The number of alkyl carbamates (subject to hydrolysis) is 1. The fourth-order valence-electron chi connectivity index (χ4n) is 7.48. The summed E-state index contributed by atoms with van der Waals surface area (Å²) in [6.07, 6.45) is 6.16. The zero-order valence-corrected chi connectivity index (χ0v) is 28.8. The number of benzene rings is 2. The van der Waals surface area contributed by atoms with Gasteiger partial charge in [-0.15, -0.1) is 0 Å². The van der Waals surface area contributed by atoms with Gasteiger partial charge in [-0.2, -0.15) is 0 Å². The molecule has 3 heterocycles. The van der Waals surface area contributed by atoms with E-state index in [1.165, 1.54) is 9.80 Å². The van der Waals surface area contributed by atoms with Crippen LogP contribution in [0.1, 0.15) is 59.3 Å². The predicted molar refractivity (Wildman–Crippen MR) is 184 cm³/mol. The first-order valence-electron chi connectivity index (χ1n) is 17.5. The van der Waals surface area contributed by atoms with Gasteiger partial charge in [0.1, 0.15) is 29.0 Å². The van der Waals surface area contributed by atoms with Gasteiger partial charge >= 0.3 is 18.2 Å². The molecule has 266 valence electrons. The van der Waals surface area contributed by atoms with Crippen LogP contribution in [0.2, 0.25) is 0 Å². The van der Waals surface area contributed by atoms with Gasteiger partial charge in [0.05, 0.1) is 0 Å². The number of likely N-dealkylation sites (tertiary alicyclic amines) is 1. The number of hydrogen-bond donors (Lipinski definition) is 3. The van der Waals surface area contributed by atoms with Gasteiger partial charge in [-0.25, -0.2) is 14.4 Å². The van der Waals surface area contributed by atoms with Crippen molar-refractivity contribution in [1.29, 1.82) is 0 Å². The highest BCUT2D eigenvalue weighted by Crippen LogP contribution is 2.46. The topological polar surface area (TPSA) is 155 Å². The molecule has 3 N–H and O–H groups in total. The summed E-state index contributed by atoms with van der Waals surface area (Å²) in [4.78, 5) is 70.2. The fourth-order valence-corrected chi connectivity index (χ4v) is 7.48. The van der Waals surface area contributed by atoms with Gasteiger partial charge in [0, 0.05) is 37.4 Å². The number of aliphatic carboxylic acids is 1. The van der Waals surface area contributed by atoms with E-state index in [4.69, 9.17) is 9.47 Å². The maximum Gasteiger partial charge on any atom is 0.415 e. The molecule has 3 fully saturated rings. The zero-order valence-electron chi connectivity index (χ0n) is 28.8. The van der Waals surface area contributed by atoms with E-state index in [9.17, 15) is 29.1 Å². The summed E-state index contributed by atoms with van der Waals surface area (Å²) in [7, 11) is 0. The lowest BCUT2D eigenvalue weighted by Crippen LogP contribution is -2.58. The third kappa shape index (κ3) is 7.64. The van der Waals surface area contributed by atoms with Gasteiger partial charge < -0.3 is 35.0 Å². The molecular weight excluding hydrogens is 640 g/mol. The average Bonchev–Trinajstić information content (AvgIpc) is 3.41. The summed E-state index contributed by atoms with van der Waals surface area (Å²) in [5.41, 5.74) is -0.220. The summed E-state index contributed by atoms with van der Waals surface area (Å²) in [5.74, 6) is -2.85. The summed E-state index contributed by atoms with van der Waals surface area (Å²) < 4.78 is 11.2. The smallest absolute Gasteiger partial charge is 0.415 e. The Morgan fingerprint density at radius 2 is 1.66 bits per heavy atom. The van der Waals surface area contributed by atoms with E-state index >= 15 is 0 Å². The van der Waals surface area contributed by atoms with Crippen molar-refractivity contribution in [1.82, 2.24) is 20.4 Å². The van der Waals surface area contributed by atoms with Crippen molar-refractivity contribution < 1.29 is 38.6 Å². The van der Waals surface area contributed by atoms with Crippen molar-refractivity contribution in [2.45, 2.75) is 82.5 Å². The maximum atomic E-state index is 14.3. The number of carboxylic acid groups (broad SMARTS) is 1. The lowest BCUT2D eigenvalue weighted by molar-refractivity contribution is -0.146. The summed E-state index contributed by atoms with van der Waals surface area (Å²) >= 11 is 0. The normalized spacial score (nSPS) is 28.9. The van der Waals surface area contributed by atoms with Crippen LogP contribution in [0.5, 0.6) is 5.75 Å². The third-order valence-corrected chi connectivity index (χ3v) is 10.1. The number of fused-ring (bicyclic) bond motifs is 4. The lowest BCUT2D eigenvalue weighted by Gasteiger charge is -2.32. The maximum absolute atomic E-state index is 14.3. The second kappa shape index (κ2) is 14.2. The quantitative estimate of drug-likeness (QED) is 0.381. The SMILES string of the molecule is CC(C)(C)OC(=O)N[C@@H]1CCCCC/C=C\[C@@H]2C[C@]2(C(=O)O)NC(=O)[C@@H]2[C@H]3CN(C(=O)Oc4ccc(-c5ccccc5)cc4)C[C@H]3CN2C1=O. The number of ether oxygens (including phenoxy) is 2. The van der Waals surface area contributed by atoms with E-state index in [1.54, 1.807) is 32.9 Å². The molecule has 12 nitrogen and oxygen atoms in total. The molecule has 2 aromatic rings. The Morgan fingerprint density at radius 3 is 2.36 bits per heavy atom. The number of nitrogens with zero attached hydrogens (tertiary/aromatic N) is 2. The molecular formula is C38H46N4O8. The van der Waals surface area contributed by atoms with E-state index in [0.717, 1.165) is 30.4 Å². The monoisotopic (exact) mass is 686 g/mol. The molecule has 0 spiro atoms. The van der Waals surface area contributed by atoms with Gasteiger partial charge in [0.15, 0.2) is 0 Å². The molecule has 0 bridgehead atoms. The number of carboxylic acids is 1. The Balaban J connectivity index is 1.22. The average molecular weight is 687 g/mol. The van der Waals surface area contributed by atoms with Crippen molar-refractivity contribution in [3.8, 4) is 16.9 Å². The number of amides is 4. The second-order valence-electron chi connectivity index (χ2n) is 14.9. The van der Waals surface area contributed by atoms with Crippen LogP contribution in [0.3, 0.4) is 0 Å². The van der Waals surface area contributed by atoms with Crippen molar-refractivity contribution in [2.75, 3.05) is 19.6 Å². The van der Waals surface area contributed by atoms with E-state index in [2.05, 4.69) is 10.6 Å². The molecule has 0 aromatic heterocycles. The van der Waals surface area contributed by atoms with Crippen LogP contribution in [0.4, 0.5) is 9.59 Å². The molecule has 0 radical (unpaired) electrons. The molecule has 6 atom stereocenters. The van der Waals surface area contributed by atoms with Gasteiger partial charge in [-0.05, 0) is 69.7 Å². The molecule has 2 saturated heterocycles. The largest absolute Gasteiger partial charge is 0.479 e. The van der Waals surface area contributed by atoms with Crippen LogP contribution in [-0.2, 0) is 19.1 Å². The van der Waals surface area contributed by atoms with Crippen LogP contribution in [-0.4, -0.2) is 87.7 Å². The molecule has 4 aliphatic rings. The van der Waals surface area contributed by atoms with Gasteiger partial charge in [-0.1, -0.05) is 67.5 Å². The molecule has 3 aliphatic heterocycles. The first-order chi connectivity index (χ1) is 23.8. The number of carbonyl (C=O) groups is 5. The minimum Gasteiger partial charge on any atom is -0.479 e. The number of nitrogens with one attached hydrogen (secondary N) is 2. The highest BCUT2D eigenvalue weighted by Gasteiger charge is 2.62. The molecule has 1 saturated carbocycles. The first kappa shape index (κ1) is 35.0. The van der Waals surface area contributed by atoms with Crippen LogP contribution in [0.15, 0.2) is 66.7 Å². The number of rotatable bonds is 4. The fraction of sp³-hybridized carbons (Fsp3) is 0.500. The van der Waals surface area contributed by atoms with Gasteiger partial charge in [-0.3, -0.25) is 9.59 Å². The molecule has 6 rings (SSSR count). The zero-order chi connectivity index (χ0) is 35.6. The highest BCUT2D eigenvalue weighted by atomic mass is 16.6. The van der Waals surface area contributed by atoms with E-state index in [-0.39, 0.29) is 37.9 Å². The molecule has 4 amide bonds. The van der Waals surface area contributed by atoms with Gasteiger partial charge in [0.25, 0.3) is 0 Å². The Kier molecular flexibility index (Phi) is 9.91. The second-order valence-corrected chi connectivity index (χ2v) is 14.9. The highest BCUT2D eigenvalue weighted by molar-refractivity contribution is 5.96. The Hall–Kier alpha value is -4.87. The summed E-state index contributed by atoms with van der Waals surface area (Å²) in [6, 6.07) is 15.1. The Labute approximate surface area is 292 Å². The third-order valence-electron chi connectivity index (χ3n) is 10.1. The molecule has 2 aromatic carbocycles. The van der Waals surface area contributed by atoms with Crippen molar-refractivity contribution >= 4 is 30.0 Å². The lowest BCUT2D eigenvalue weighted by atomic mass is 9.93. The number of hydrogen-bond acceptors (Lipinski definition) is 7. The number of carbonyl (C=O) groups excluding carboxylic acids is 4. The van der Waals surface area contributed by atoms with Crippen LogP contribution in [0.25, 0.3) is 11.1 Å². The molecule has 1 aliphatic carbocycles. The Bertz CT molecular complexity index is 1640. The predicted octanol–water partition coefficient (Wildman–Crippen LogP) is 4.98. The minimum atomic E-state index is -1.46. The molecule has 0 unspecified atom stereocenters. The van der Waals surface area contributed by atoms with Crippen molar-refractivity contribution in [3.63, 3.8) is 0 Å². The molecule has 50 heavy (non-hydrogen) atoms. The van der Waals surface area contributed by atoms with Crippen LogP contribution in [0, 0.1) is 17.8 Å². The van der Waals surface area contributed by atoms with Crippen molar-refractivity contribution in [3.05, 3.63) is 66.7 Å². The van der Waals surface area contributed by atoms with Crippen LogP contribution < -0.4 is 15.4 Å². The standard InChI is InChI=1S/C38H46N4O8/c1-37(2,3)50-35(47)39-30-15-11-6-4-5-10-14-27-20-38(27,34(45)46)40-32(43)31-29-23-41(21-26(29)22-42(31)33(30)44)36(48)49-28-18-16-25(17-19-28)24-12-8-7-9-13-24/h7-10,12-14,16-19,26-27,29-31H,4-6,11,15,20-23H2,1-3H3,(H,39,47)(H,40,43)(H,45,46)/b14-10-/t26-,27+,29-,30+,31-,38-/m0/s1. The van der Waals surface area contributed by atoms with E-state index in [1.807, 2.05) is 54.6 Å². The summed E-state index contributed by atoms with van der Waals surface area (Å²) in [5, 5.41) is 15.7. The minimum absolute atomic E-state index is 0.140.